The fourth-order valence-electron chi connectivity index (χ4n) is 3.12. The summed E-state index contributed by atoms with van der Waals surface area (Å²) in [6.07, 6.45) is 2.09. The molecule has 0 saturated heterocycles. The lowest BCUT2D eigenvalue weighted by Crippen LogP contribution is -2.26. The summed E-state index contributed by atoms with van der Waals surface area (Å²) in [5.74, 6) is -0.124. The summed E-state index contributed by atoms with van der Waals surface area (Å²) in [7, 11) is 0. The van der Waals surface area contributed by atoms with Crippen molar-refractivity contribution in [2.45, 2.75) is 12.8 Å². The third kappa shape index (κ3) is 3.26. The molecule has 1 N–H and O–H groups in total. The van der Waals surface area contributed by atoms with E-state index >= 15 is 0 Å². The molecule has 0 saturated carbocycles. The molecule has 5 nitrogen and oxygen atoms in total. The zero-order chi connectivity index (χ0) is 17.9. The Balaban J connectivity index is 1.53. The van der Waals surface area contributed by atoms with Gasteiger partial charge in [0.15, 0.2) is 11.5 Å². The Hall–Kier alpha value is -3.28. The number of carbonyl (C=O) groups excluding carboxylic acids is 1. The number of para-hydroxylation sites is 1. The summed E-state index contributed by atoms with van der Waals surface area (Å²) < 4.78 is 13.2. The molecule has 2 heterocycles. The van der Waals surface area contributed by atoms with E-state index in [1.807, 2.05) is 12.1 Å². The van der Waals surface area contributed by atoms with Gasteiger partial charge >= 0.3 is 0 Å². The third-order valence-corrected chi connectivity index (χ3v) is 4.35. The SMILES string of the molecule is O=C(Nc1cccc(F)c1)c1ccc(N2CCCc3ccccc32)nn1. The van der Waals surface area contributed by atoms with Crippen molar-refractivity contribution in [3.8, 4) is 0 Å². The summed E-state index contributed by atoms with van der Waals surface area (Å²) in [5.41, 5.74) is 2.98. The van der Waals surface area contributed by atoms with Crippen LogP contribution in [0.3, 0.4) is 0 Å². The normalized spacial score (nSPS) is 13.2. The quantitative estimate of drug-likeness (QED) is 0.779. The summed E-state index contributed by atoms with van der Waals surface area (Å²) >= 11 is 0. The number of aromatic nitrogens is 2. The average Bonchev–Trinajstić information content (AvgIpc) is 2.68. The Bertz CT molecular complexity index is 943. The highest BCUT2D eigenvalue weighted by Crippen LogP contribution is 2.31. The van der Waals surface area contributed by atoms with Crippen molar-refractivity contribution in [3.05, 3.63) is 77.7 Å². The lowest BCUT2D eigenvalue weighted by atomic mass is 10.0. The van der Waals surface area contributed by atoms with Gasteiger partial charge in [0.05, 0.1) is 0 Å². The second kappa shape index (κ2) is 6.92. The van der Waals surface area contributed by atoms with Crippen molar-refractivity contribution in [2.75, 3.05) is 16.8 Å². The molecular weight excluding hydrogens is 331 g/mol. The number of nitrogens with zero attached hydrogens (tertiary/aromatic N) is 3. The van der Waals surface area contributed by atoms with Crippen molar-refractivity contribution in [2.24, 2.45) is 0 Å². The second-order valence-corrected chi connectivity index (χ2v) is 6.13. The third-order valence-electron chi connectivity index (χ3n) is 4.35. The minimum Gasteiger partial charge on any atom is -0.325 e. The molecule has 1 aromatic heterocycles. The van der Waals surface area contributed by atoms with Crippen LogP contribution < -0.4 is 10.2 Å². The van der Waals surface area contributed by atoms with E-state index in [9.17, 15) is 9.18 Å². The molecular formula is C20H17FN4O. The van der Waals surface area contributed by atoms with Crippen LogP contribution in [0.25, 0.3) is 0 Å². The van der Waals surface area contributed by atoms with Crippen molar-refractivity contribution in [1.29, 1.82) is 0 Å². The number of amides is 1. The molecule has 130 valence electrons. The molecule has 26 heavy (non-hydrogen) atoms. The van der Waals surface area contributed by atoms with E-state index in [-0.39, 0.29) is 5.69 Å². The van der Waals surface area contributed by atoms with Crippen LogP contribution in [0, 0.1) is 5.82 Å². The van der Waals surface area contributed by atoms with Crippen LogP contribution in [-0.4, -0.2) is 22.6 Å². The predicted octanol–water partition coefficient (Wildman–Crippen LogP) is 3.95. The van der Waals surface area contributed by atoms with E-state index in [0.29, 0.717) is 11.5 Å². The van der Waals surface area contributed by atoms with Gasteiger partial charge in [-0.15, -0.1) is 10.2 Å². The van der Waals surface area contributed by atoms with Crippen LogP contribution >= 0.6 is 0 Å². The molecule has 0 atom stereocenters. The number of fused-ring (bicyclic) bond motifs is 1. The molecule has 0 fully saturated rings. The van der Waals surface area contributed by atoms with E-state index in [0.717, 1.165) is 25.1 Å². The van der Waals surface area contributed by atoms with Crippen LogP contribution in [0.4, 0.5) is 21.6 Å². The maximum absolute atomic E-state index is 13.2. The van der Waals surface area contributed by atoms with Gasteiger partial charge in [-0.2, -0.15) is 0 Å². The molecule has 2 aromatic carbocycles. The van der Waals surface area contributed by atoms with Gasteiger partial charge < -0.3 is 10.2 Å². The number of benzene rings is 2. The molecule has 6 heteroatoms. The first-order valence-electron chi connectivity index (χ1n) is 8.47. The Morgan fingerprint density at radius 1 is 1.04 bits per heavy atom. The lowest BCUT2D eigenvalue weighted by Gasteiger charge is -2.29. The maximum atomic E-state index is 13.2. The number of halogens is 1. The van der Waals surface area contributed by atoms with Crippen LogP contribution in [-0.2, 0) is 6.42 Å². The Labute approximate surface area is 150 Å². The molecule has 0 radical (unpaired) electrons. The second-order valence-electron chi connectivity index (χ2n) is 6.13. The van der Waals surface area contributed by atoms with Crippen molar-refractivity contribution < 1.29 is 9.18 Å². The Kier molecular flexibility index (Phi) is 4.31. The molecule has 0 aliphatic carbocycles. The summed E-state index contributed by atoms with van der Waals surface area (Å²) in [6.45, 7) is 0.862. The molecule has 4 rings (SSSR count). The largest absolute Gasteiger partial charge is 0.325 e. The van der Waals surface area contributed by atoms with Gasteiger partial charge in [-0.1, -0.05) is 24.3 Å². The number of hydrogen-bond donors (Lipinski definition) is 1. The minimum atomic E-state index is -0.423. The van der Waals surface area contributed by atoms with Gasteiger partial charge in [0.2, 0.25) is 0 Å². The first-order valence-corrected chi connectivity index (χ1v) is 8.47. The first-order chi connectivity index (χ1) is 12.7. The Morgan fingerprint density at radius 3 is 2.73 bits per heavy atom. The van der Waals surface area contributed by atoms with Gasteiger partial charge in [-0.05, 0) is 54.8 Å². The number of aryl methyl sites for hydroxylation is 1. The monoisotopic (exact) mass is 348 g/mol. The molecule has 1 aliphatic heterocycles. The summed E-state index contributed by atoms with van der Waals surface area (Å²) in [6, 6.07) is 17.4. The number of nitrogens with one attached hydrogen (secondary N) is 1. The zero-order valence-corrected chi connectivity index (χ0v) is 14.0. The summed E-state index contributed by atoms with van der Waals surface area (Å²) in [4.78, 5) is 14.4. The lowest BCUT2D eigenvalue weighted by molar-refractivity contribution is 0.102. The van der Waals surface area contributed by atoms with Gasteiger partial charge in [0, 0.05) is 17.9 Å². The number of anilines is 3. The molecule has 1 aliphatic rings. The van der Waals surface area contributed by atoms with Crippen LogP contribution in [0.1, 0.15) is 22.5 Å². The van der Waals surface area contributed by atoms with Crippen molar-refractivity contribution in [3.63, 3.8) is 0 Å². The highest BCUT2D eigenvalue weighted by molar-refractivity contribution is 6.02. The fraction of sp³-hybridized carbons (Fsp3) is 0.150. The number of carbonyl (C=O) groups is 1. The van der Waals surface area contributed by atoms with Gasteiger partial charge in [-0.25, -0.2) is 4.39 Å². The Morgan fingerprint density at radius 2 is 1.92 bits per heavy atom. The first kappa shape index (κ1) is 16.2. The van der Waals surface area contributed by atoms with Crippen molar-refractivity contribution >= 4 is 23.1 Å². The molecule has 0 bridgehead atoms. The van der Waals surface area contributed by atoms with Gasteiger partial charge in [-0.3, -0.25) is 4.79 Å². The number of hydrogen-bond acceptors (Lipinski definition) is 4. The summed E-state index contributed by atoms with van der Waals surface area (Å²) in [5, 5.41) is 10.9. The fourth-order valence-corrected chi connectivity index (χ4v) is 3.12. The van der Waals surface area contributed by atoms with Crippen LogP contribution in [0.2, 0.25) is 0 Å². The number of rotatable bonds is 3. The van der Waals surface area contributed by atoms with E-state index < -0.39 is 11.7 Å². The zero-order valence-electron chi connectivity index (χ0n) is 14.0. The molecule has 0 unspecified atom stereocenters. The van der Waals surface area contributed by atoms with E-state index in [2.05, 4.69) is 32.5 Å². The standard InChI is InChI=1S/C20H17FN4O/c21-15-7-3-8-16(13-15)22-20(26)17-10-11-19(24-23-17)25-12-4-6-14-5-1-2-9-18(14)25/h1-3,5,7-11,13H,4,6,12H2,(H,22,26). The molecule has 3 aromatic rings. The van der Waals surface area contributed by atoms with Crippen LogP contribution in [0.5, 0.6) is 0 Å². The molecule has 0 spiro atoms. The van der Waals surface area contributed by atoms with E-state index in [1.54, 1.807) is 18.2 Å². The predicted molar refractivity (Wildman–Crippen MR) is 98.2 cm³/mol. The van der Waals surface area contributed by atoms with E-state index in [4.69, 9.17) is 0 Å². The molecule has 1 amide bonds. The van der Waals surface area contributed by atoms with Crippen LogP contribution in [0.15, 0.2) is 60.7 Å². The highest BCUT2D eigenvalue weighted by atomic mass is 19.1. The van der Waals surface area contributed by atoms with Crippen molar-refractivity contribution in [1.82, 2.24) is 10.2 Å². The smallest absolute Gasteiger partial charge is 0.276 e. The maximum Gasteiger partial charge on any atom is 0.276 e. The average molecular weight is 348 g/mol. The highest BCUT2D eigenvalue weighted by Gasteiger charge is 2.19. The topological polar surface area (TPSA) is 58.1 Å². The van der Waals surface area contributed by atoms with Gasteiger partial charge in [0.1, 0.15) is 5.82 Å². The van der Waals surface area contributed by atoms with Gasteiger partial charge in [0.25, 0.3) is 5.91 Å². The van der Waals surface area contributed by atoms with E-state index in [1.165, 1.54) is 23.8 Å². The minimum absolute atomic E-state index is 0.184.